The second kappa shape index (κ2) is 6.93. The fourth-order valence-electron chi connectivity index (χ4n) is 2.66. The second-order valence-corrected chi connectivity index (χ2v) is 6.28. The predicted molar refractivity (Wildman–Crippen MR) is 95.5 cm³/mol. The molecule has 0 radical (unpaired) electrons. The summed E-state index contributed by atoms with van der Waals surface area (Å²) in [5.74, 6) is -0.0158. The van der Waals surface area contributed by atoms with E-state index in [-0.39, 0.29) is 24.4 Å². The monoisotopic (exact) mass is 343 g/mol. The van der Waals surface area contributed by atoms with Gasteiger partial charge in [0, 0.05) is 29.4 Å². The van der Waals surface area contributed by atoms with Crippen LogP contribution in [-0.4, -0.2) is 24.5 Å². The van der Waals surface area contributed by atoms with Gasteiger partial charge in [-0.05, 0) is 43.3 Å². The number of anilines is 2. The van der Waals surface area contributed by atoms with Crippen molar-refractivity contribution in [3.05, 3.63) is 59.1 Å². The number of amides is 3. The number of benzene rings is 2. The van der Waals surface area contributed by atoms with E-state index in [4.69, 9.17) is 11.6 Å². The van der Waals surface area contributed by atoms with Crippen LogP contribution in [0.1, 0.15) is 12.0 Å². The Kier molecular flexibility index (Phi) is 4.71. The van der Waals surface area contributed by atoms with Gasteiger partial charge in [0.15, 0.2) is 0 Å². The molecular formula is C18H18ClN3O2. The first-order valence-electron chi connectivity index (χ1n) is 7.71. The Bertz CT molecular complexity index is 744. The molecule has 1 heterocycles. The van der Waals surface area contributed by atoms with E-state index in [1.165, 1.54) is 0 Å². The number of urea groups is 1. The van der Waals surface area contributed by atoms with E-state index in [0.717, 1.165) is 16.9 Å². The van der Waals surface area contributed by atoms with Crippen LogP contribution in [0.25, 0.3) is 0 Å². The van der Waals surface area contributed by atoms with E-state index in [9.17, 15) is 9.59 Å². The van der Waals surface area contributed by atoms with Crippen LogP contribution < -0.4 is 15.5 Å². The molecule has 1 aliphatic rings. The number of aryl methyl sites for hydroxylation is 1. The summed E-state index contributed by atoms with van der Waals surface area (Å²) in [4.78, 5) is 25.9. The summed E-state index contributed by atoms with van der Waals surface area (Å²) >= 11 is 5.87. The number of nitrogens with one attached hydrogen (secondary N) is 2. The molecule has 2 N–H and O–H groups in total. The van der Waals surface area contributed by atoms with Crippen LogP contribution in [-0.2, 0) is 4.79 Å². The highest BCUT2D eigenvalue weighted by atomic mass is 35.5. The van der Waals surface area contributed by atoms with Crippen molar-refractivity contribution >= 4 is 34.9 Å². The predicted octanol–water partition coefficient (Wildman–Crippen LogP) is 3.58. The molecule has 1 unspecified atom stereocenters. The van der Waals surface area contributed by atoms with Crippen molar-refractivity contribution in [2.45, 2.75) is 19.4 Å². The van der Waals surface area contributed by atoms with E-state index in [1.54, 1.807) is 29.2 Å². The molecule has 3 amide bonds. The average molecular weight is 344 g/mol. The lowest BCUT2D eigenvalue weighted by atomic mass is 10.2. The normalized spacial score (nSPS) is 17.0. The number of hydrogen-bond acceptors (Lipinski definition) is 2. The van der Waals surface area contributed by atoms with Crippen LogP contribution >= 0.6 is 11.6 Å². The van der Waals surface area contributed by atoms with Gasteiger partial charge in [-0.2, -0.15) is 0 Å². The number of hydrogen-bond donors (Lipinski definition) is 2. The van der Waals surface area contributed by atoms with Crippen LogP contribution in [0.3, 0.4) is 0 Å². The fraction of sp³-hybridized carbons (Fsp3) is 0.222. The summed E-state index contributed by atoms with van der Waals surface area (Å²) in [6.45, 7) is 2.43. The van der Waals surface area contributed by atoms with Crippen LogP contribution in [0.5, 0.6) is 0 Å². The first-order chi connectivity index (χ1) is 11.5. The molecule has 2 aromatic carbocycles. The van der Waals surface area contributed by atoms with Crippen molar-refractivity contribution < 1.29 is 9.59 Å². The highest BCUT2D eigenvalue weighted by molar-refractivity contribution is 6.30. The minimum Gasteiger partial charge on any atom is -0.333 e. The second-order valence-electron chi connectivity index (χ2n) is 5.85. The van der Waals surface area contributed by atoms with E-state index in [2.05, 4.69) is 10.6 Å². The van der Waals surface area contributed by atoms with Crippen molar-refractivity contribution in [3.63, 3.8) is 0 Å². The Hall–Kier alpha value is -2.53. The Morgan fingerprint density at radius 3 is 2.46 bits per heavy atom. The molecule has 0 aromatic heterocycles. The third kappa shape index (κ3) is 3.86. The van der Waals surface area contributed by atoms with Gasteiger partial charge < -0.3 is 15.5 Å². The lowest BCUT2D eigenvalue weighted by Gasteiger charge is -2.17. The zero-order valence-electron chi connectivity index (χ0n) is 13.3. The summed E-state index contributed by atoms with van der Waals surface area (Å²) in [7, 11) is 0. The van der Waals surface area contributed by atoms with Gasteiger partial charge in [0.1, 0.15) is 0 Å². The van der Waals surface area contributed by atoms with Crippen molar-refractivity contribution in [2.24, 2.45) is 0 Å². The first-order valence-corrected chi connectivity index (χ1v) is 8.09. The topological polar surface area (TPSA) is 61.4 Å². The van der Waals surface area contributed by atoms with Gasteiger partial charge in [-0.15, -0.1) is 0 Å². The zero-order valence-corrected chi connectivity index (χ0v) is 14.0. The Morgan fingerprint density at radius 1 is 1.12 bits per heavy atom. The maximum absolute atomic E-state index is 12.2. The van der Waals surface area contributed by atoms with Gasteiger partial charge in [0.25, 0.3) is 0 Å². The highest BCUT2D eigenvalue weighted by Crippen LogP contribution is 2.23. The largest absolute Gasteiger partial charge is 0.333 e. The van der Waals surface area contributed by atoms with Gasteiger partial charge in [0.05, 0.1) is 6.04 Å². The molecular weight excluding hydrogens is 326 g/mol. The molecule has 5 nitrogen and oxygen atoms in total. The van der Waals surface area contributed by atoms with E-state index in [0.29, 0.717) is 11.6 Å². The molecule has 6 heteroatoms. The molecule has 3 rings (SSSR count). The number of carbonyl (C=O) groups excluding carboxylic acids is 2. The molecule has 0 saturated carbocycles. The van der Waals surface area contributed by atoms with Crippen LogP contribution in [0, 0.1) is 6.92 Å². The molecule has 0 spiro atoms. The van der Waals surface area contributed by atoms with E-state index in [1.807, 2.05) is 31.2 Å². The molecule has 1 fully saturated rings. The van der Waals surface area contributed by atoms with Gasteiger partial charge in [-0.3, -0.25) is 4.79 Å². The Morgan fingerprint density at radius 2 is 1.79 bits per heavy atom. The highest BCUT2D eigenvalue weighted by Gasteiger charge is 2.31. The van der Waals surface area contributed by atoms with Crippen molar-refractivity contribution in [1.82, 2.24) is 5.32 Å². The molecule has 1 aliphatic heterocycles. The number of rotatable bonds is 3. The third-order valence-corrected chi connectivity index (χ3v) is 4.16. The standard InChI is InChI=1S/C18H18ClN3O2/c1-12-2-6-14(7-3-12)20-18(24)21-15-10-17(23)22(11-15)16-8-4-13(19)5-9-16/h2-9,15H,10-11H2,1H3,(H2,20,21,24). The summed E-state index contributed by atoms with van der Waals surface area (Å²) < 4.78 is 0. The third-order valence-electron chi connectivity index (χ3n) is 3.91. The van der Waals surface area contributed by atoms with E-state index >= 15 is 0 Å². The van der Waals surface area contributed by atoms with Crippen molar-refractivity contribution in [2.75, 3.05) is 16.8 Å². The quantitative estimate of drug-likeness (QED) is 0.894. The maximum Gasteiger partial charge on any atom is 0.319 e. The lowest BCUT2D eigenvalue weighted by Crippen LogP contribution is -2.39. The summed E-state index contributed by atoms with van der Waals surface area (Å²) in [6.07, 6.45) is 0.282. The minimum atomic E-state index is -0.311. The average Bonchev–Trinajstić information content (AvgIpc) is 2.90. The smallest absolute Gasteiger partial charge is 0.319 e. The molecule has 1 saturated heterocycles. The summed E-state index contributed by atoms with van der Waals surface area (Å²) in [5, 5.41) is 6.24. The van der Waals surface area contributed by atoms with Gasteiger partial charge in [-0.25, -0.2) is 4.79 Å². The van der Waals surface area contributed by atoms with E-state index < -0.39 is 0 Å². The fourth-order valence-corrected chi connectivity index (χ4v) is 2.79. The first kappa shape index (κ1) is 16.3. The number of nitrogens with zero attached hydrogens (tertiary/aromatic N) is 1. The van der Waals surface area contributed by atoms with Crippen LogP contribution in [0.4, 0.5) is 16.2 Å². The Balaban J connectivity index is 1.58. The van der Waals surface area contributed by atoms with Gasteiger partial charge >= 0.3 is 6.03 Å². The summed E-state index contributed by atoms with van der Waals surface area (Å²) in [6, 6.07) is 14.1. The summed E-state index contributed by atoms with van der Waals surface area (Å²) in [5.41, 5.74) is 2.63. The van der Waals surface area contributed by atoms with Crippen LogP contribution in [0.15, 0.2) is 48.5 Å². The molecule has 124 valence electrons. The minimum absolute atomic E-state index is 0.0158. The maximum atomic E-state index is 12.2. The number of halogens is 1. The molecule has 2 aromatic rings. The van der Waals surface area contributed by atoms with Crippen molar-refractivity contribution in [3.8, 4) is 0 Å². The molecule has 1 atom stereocenters. The van der Waals surface area contributed by atoms with Crippen molar-refractivity contribution in [1.29, 1.82) is 0 Å². The lowest BCUT2D eigenvalue weighted by molar-refractivity contribution is -0.117. The SMILES string of the molecule is Cc1ccc(NC(=O)NC2CC(=O)N(c3ccc(Cl)cc3)C2)cc1. The van der Waals surface area contributed by atoms with Gasteiger partial charge in [0.2, 0.25) is 5.91 Å². The molecule has 0 aliphatic carbocycles. The zero-order chi connectivity index (χ0) is 17.1. The molecule has 0 bridgehead atoms. The van der Waals surface area contributed by atoms with Crippen LogP contribution in [0.2, 0.25) is 5.02 Å². The number of carbonyl (C=O) groups is 2. The van der Waals surface area contributed by atoms with Gasteiger partial charge in [-0.1, -0.05) is 29.3 Å². The molecule has 24 heavy (non-hydrogen) atoms. The Labute approximate surface area is 145 Å².